The lowest BCUT2D eigenvalue weighted by atomic mass is 9.80. The van der Waals surface area contributed by atoms with E-state index in [0.29, 0.717) is 19.3 Å². The SMILES string of the molecule is CCO[C@H]1OCOC[C@H]1C(C)(C)C. The van der Waals surface area contributed by atoms with Crippen molar-refractivity contribution in [3.8, 4) is 0 Å². The van der Waals surface area contributed by atoms with Crippen LogP contribution in [0.5, 0.6) is 0 Å². The van der Waals surface area contributed by atoms with Crippen LogP contribution in [0.15, 0.2) is 0 Å². The van der Waals surface area contributed by atoms with Gasteiger partial charge in [0.25, 0.3) is 0 Å². The molecule has 0 amide bonds. The summed E-state index contributed by atoms with van der Waals surface area (Å²) in [6.45, 7) is 10.3. The van der Waals surface area contributed by atoms with Crippen LogP contribution in [0.2, 0.25) is 0 Å². The minimum Gasteiger partial charge on any atom is -0.355 e. The fraction of sp³-hybridized carbons (Fsp3) is 1.00. The third-order valence-electron chi connectivity index (χ3n) is 2.38. The monoisotopic (exact) mass is 188 g/mol. The molecule has 0 N–H and O–H groups in total. The van der Waals surface area contributed by atoms with E-state index in [-0.39, 0.29) is 11.7 Å². The molecule has 1 fully saturated rings. The van der Waals surface area contributed by atoms with Crippen LogP contribution in [0.4, 0.5) is 0 Å². The summed E-state index contributed by atoms with van der Waals surface area (Å²) >= 11 is 0. The normalized spacial score (nSPS) is 30.5. The molecule has 0 spiro atoms. The van der Waals surface area contributed by atoms with Crippen LogP contribution in [0.1, 0.15) is 27.7 Å². The standard InChI is InChI=1S/C10H20O3/c1-5-12-9-8(10(2,3)4)6-11-7-13-9/h8-9H,5-7H2,1-4H3/t8-,9+/m1/s1. The predicted molar refractivity (Wildman–Crippen MR) is 50.3 cm³/mol. The molecule has 78 valence electrons. The largest absolute Gasteiger partial charge is 0.355 e. The van der Waals surface area contributed by atoms with E-state index in [0.717, 1.165) is 6.61 Å². The summed E-state index contributed by atoms with van der Waals surface area (Å²) in [5.74, 6) is 0.321. The molecule has 0 aromatic rings. The summed E-state index contributed by atoms with van der Waals surface area (Å²) in [4.78, 5) is 0. The van der Waals surface area contributed by atoms with Crippen molar-refractivity contribution in [2.75, 3.05) is 20.0 Å². The fourth-order valence-corrected chi connectivity index (χ4v) is 1.47. The Labute approximate surface area is 80.4 Å². The van der Waals surface area contributed by atoms with Gasteiger partial charge >= 0.3 is 0 Å². The molecule has 1 aliphatic heterocycles. The average molecular weight is 188 g/mol. The van der Waals surface area contributed by atoms with Gasteiger partial charge in [0, 0.05) is 12.5 Å². The second-order valence-corrected chi connectivity index (χ2v) is 4.45. The van der Waals surface area contributed by atoms with Crippen molar-refractivity contribution in [1.82, 2.24) is 0 Å². The lowest BCUT2D eigenvalue weighted by Crippen LogP contribution is -2.43. The van der Waals surface area contributed by atoms with Crippen LogP contribution >= 0.6 is 0 Å². The van der Waals surface area contributed by atoms with Gasteiger partial charge in [-0.3, -0.25) is 0 Å². The minimum atomic E-state index is -0.0984. The van der Waals surface area contributed by atoms with Gasteiger partial charge in [-0.2, -0.15) is 0 Å². The van der Waals surface area contributed by atoms with Crippen molar-refractivity contribution < 1.29 is 14.2 Å². The Hall–Kier alpha value is -0.120. The Morgan fingerprint density at radius 2 is 2.08 bits per heavy atom. The fourth-order valence-electron chi connectivity index (χ4n) is 1.47. The Morgan fingerprint density at radius 3 is 2.62 bits per heavy atom. The highest BCUT2D eigenvalue weighted by molar-refractivity contribution is 4.78. The van der Waals surface area contributed by atoms with Crippen molar-refractivity contribution in [3.63, 3.8) is 0 Å². The summed E-state index contributed by atoms with van der Waals surface area (Å²) in [5.41, 5.74) is 0.167. The Morgan fingerprint density at radius 1 is 1.38 bits per heavy atom. The first kappa shape index (κ1) is 11.0. The van der Waals surface area contributed by atoms with Crippen LogP contribution in [0.3, 0.4) is 0 Å². The van der Waals surface area contributed by atoms with Crippen molar-refractivity contribution in [2.45, 2.75) is 34.0 Å². The maximum Gasteiger partial charge on any atom is 0.165 e. The molecule has 0 aliphatic carbocycles. The summed E-state index contributed by atoms with van der Waals surface area (Å²) in [6, 6.07) is 0. The highest BCUT2D eigenvalue weighted by Gasteiger charge is 2.36. The van der Waals surface area contributed by atoms with Crippen molar-refractivity contribution >= 4 is 0 Å². The molecule has 0 aromatic carbocycles. The van der Waals surface area contributed by atoms with Gasteiger partial charge in [-0.15, -0.1) is 0 Å². The van der Waals surface area contributed by atoms with Gasteiger partial charge in [-0.25, -0.2) is 0 Å². The van der Waals surface area contributed by atoms with Gasteiger partial charge in [0.1, 0.15) is 6.79 Å². The third-order valence-corrected chi connectivity index (χ3v) is 2.38. The van der Waals surface area contributed by atoms with Crippen molar-refractivity contribution in [2.24, 2.45) is 11.3 Å². The Bertz CT molecular complexity index is 149. The topological polar surface area (TPSA) is 27.7 Å². The van der Waals surface area contributed by atoms with Gasteiger partial charge in [0.15, 0.2) is 6.29 Å². The zero-order valence-corrected chi connectivity index (χ0v) is 9.00. The first-order chi connectivity index (χ1) is 6.05. The first-order valence-corrected chi connectivity index (χ1v) is 4.86. The average Bonchev–Trinajstić information content (AvgIpc) is 2.04. The van der Waals surface area contributed by atoms with E-state index in [4.69, 9.17) is 14.2 Å². The van der Waals surface area contributed by atoms with Crippen LogP contribution in [0, 0.1) is 11.3 Å². The number of rotatable bonds is 2. The summed E-state index contributed by atoms with van der Waals surface area (Å²) < 4.78 is 16.2. The molecule has 2 atom stereocenters. The van der Waals surface area contributed by atoms with Gasteiger partial charge in [0.2, 0.25) is 0 Å². The van der Waals surface area contributed by atoms with E-state index in [1.54, 1.807) is 0 Å². The molecular formula is C10H20O3. The molecule has 1 aliphatic rings. The summed E-state index contributed by atoms with van der Waals surface area (Å²) in [6.07, 6.45) is -0.0984. The smallest absolute Gasteiger partial charge is 0.165 e. The number of hydrogen-bond acceptors (Lipinski definition) is 3. The highest BCUT2D eigenvalue weighted by Crippen LogP contribution is 2.33. The van der Waals surface area contributed by atoms with E-state index >= 15 is 0 Å². The molecule has 3 nitrogen and oxygen atoms in total. The van der Waals surface area contributed by atoms with Crippen LogP contribution in [0.25, 0.3) is 0 Å². The maximum absolute atomic E-state index is 5.52. The first-order valence-electron chi connectivity index (χ1n) is 4.86. The molecule has 1 saturated heterocycles. The molecule has 0 radical (unpaired) electrons. The molecular weight excluding hydrogens is 168 g/mol. The van der Waals surface area contributed by atoms with E-state index in [9.17, 15) is 0 Å². The second-order valence-electron chi connectivity index (χ2n) is 4.45. The van der Waals surface area contributed by atoms with Gasteiger partial charge in [-0.1, -0.05) is 20.8 Å². The second kappa shape index (κ2) is 4.40. The quantitative estimate of drug-likeness (QED) is 0.663. The molecule has 3 heteroatoms. The zero-order valence-electron chi connectivity index (χ0n) is 9.00. The number of hydrogen-bond donors (Lipinski definition) is 0. The van der Waals surface area contributed by atoms with Gasteiger partial charge in [0.05, 0.1) is 6.61 Å². The molecule has 0 saturated carbocycles. The van der Waals surface area contributed by atoms with E-state index in [1.807, 2.05) is 6.92 Å². The Balaban J connectivity index is 2.56. The Kier molecular flexibility index (Phi) is 3.71. The van der Waals surface area contributed by atoms with Crippen LogP contribution in [-0.2, 0) is 14.2 Å². The van der Waals surface area contributed by atoms with Crippen molar-refractivity contribution in [1.29, 1.82) is 0 Å². The van der Waals surface area contributed by atoms with E-state index in [1.165, 1.54) is 0 Å². The molecule has 0 bridgehead atoms. The molecule has 13 heavy (non-hydrogen) atoms. The molecule has 0 aromatic heterocycles. The predicted octanol–water partition coefficient (Wildman–Crippen LogP) is 2.02. The van der Waals surface area contributed by atoms with Crippen LogP contribution < -0.4 is 0 Å². The minimum absolute atomic E-state index is 0.0984. The van der Waals surface area contributed by atoms with Crippen LogP contribution in [-0.4, -0.2) is 26.3 Å². The summed E-state index contributed by atoms with van der Waals surface area (Å²) in [5, 5.41) is 0. The third kappa shape index (κ3) is 2.93. The van der Waals surface area contributed by atoms with Gasteiger partial charge in [-0.05, 0) is 12.3 Å². The number of ether oxygens (including phenoxy) is 3. The molecule has 0 unspecified atom stereocenters. The zero-order chi connectivity index (χ0) is 9.90. The summed E-state index contributed by atoms with van der Waals surface area (Å²) in [7, 11) is 0. The maximum atomic E-state index is 5.52. The highest BCUT2D eigenvalue weighted by atomic mass is 16.8. The van der Waals surface area contributed by atoms with Gasteiger partial charge < -0.3 is 14.2 Å². The lowest BCUT2D eigenvalue weighted by Gasteiger charge is -2.39. The lowest BCUT2D eigenvalue weighted by molar-refractivity contribution is -0.279. The molecule has 1 rings (SSSR count). The van der Waals surface area contributed by atoms with E-state index < -0.39 is 0 Å². The van der Waals surface area contributed by atoms with Crippen molar-refractivity contribution in [3.05, 3.63) is 0 Å². The molecule has 1 heterocycles. The van der Waals surface area contributed by atoms with E-state index in [2.05, 4.69) is 20.8 Å².